The van der Waals surface area contributed by atoms with Gasteiger partial charge in [-0.05, 0) is 6.07 Å². The van der Waals surface area contributed by atoms with Crippen LogP contribution in [0.3, 0.4) is 0 Å². The number of ether oxygens (including phenoxy) is 2. The first-order valence-electron chi connectivity index (χ1n) is 8.46. The summed E-state index contributed by atoms with van der Waals surface area (Å²) in [5.74, 6) is 0.550. The van der Waals surface area contributed by atoms with Crippen LogP contribution in [0.25, 0.3) is 33.4 Å². The van der Waals surface area contributed by atoms with Crippen LogP contribution in [-0.2, 0) is 7.05 Å². The van der Waals surface area contributed by atoms with E-state index in [-0.39, 0.29) is 5.75 Å². The van der Waals surface area contributed by atoms with Crippen LogP contribution in [0.4, 0.5) is 4.79 Å². The van der Waals surface area contributed by atoms with Gasteiger partial charge in [-0.15, -0.1) is 0 Å². The normalized spacial score (nSPS) is 10.8. The van der Waals surface area contributed by atoms with Crippen LogP contribution in [0.1, 0.15) is 0 Å². The summed E-state index contributed by atoms with van der Waals surface area (Å²) in [6.45, 7) is 0. The predicted octanol–water partition coefficient (Wildman–Crippen LogP) is 3.16. The summed E-state index contributed by atoms with van der Waals surface area (Å²) in [6, 6.07) is 13.2. The van der Waals surface area contributed by atoms with Crippen molar-refractivity contribution in [2.45, 2.75) is 0 Å². The van der Waals surface area contributed by atoms with Crippen LogP contribution < -0.4 is 15.2 Å². The number of nitrogens with zero attached hydrogens (tertiary/aromatic N) is 4. The Morgan fingerprint density at radius 3 is 2.57 bits per heavy atom. The number of nitrogens with two attached hydrogens (primary N) is 1. The molecule has 0 aliphatic heterocycles. The zero-order chi connectivity index (χ0) is 19.7. The highest BCUT2D eigenvalue weighted by atomic mass is 16.6. The second-order valence-electron chi connectivity index (χ2n) is 6.09. The number of methoxy groups -OCH3 is 1. The van der Waals surface area contributed by atoms with E-state index in [9.17, 15) is 4.79 Å². The number of carbonyl (C=O) groups excluding carboxylic acids is 1. The molecule has 0 saturated heterocycles. The Labute approximate surface area is 160 Å². The van der Waals surface area contributed by atoms with Crippen molar-refractivity contribution in [3.63, 3.8) is 0 Å². The summed E-state index contributed by atoms with van der Waals surface area (Å²) in [6.07, 6.45) is 2.44. The van der Waals surface area contributed by atoms with Gasteiger partial charge in [0, 0.05) is 35.8 Å². The van der Waals surface area contributed by atoms with E-state index < -0.39 is 6.09 Å². The first kappa shape index (κ1) is 17.5. The molecule has 2 aromatic heterocycles. The van der Waals surface area contributed by atoms with E-state index in [1.165, 1.54) is 13.4 Å². The van der Waals surface area contributed by atoms with E-state index >= 15 is 0 Å². The minimum absolute atomic E-state index is 0.198. The number of hydrogen-bond acceptors (Lipinski definition) is 6. The zero-order valence-electron chi connectivity index (χ0n) is 15.3. The second kappa shape index (κ2) is 6.99. The molecule has 0 fully saturated rings. The first-order chi connectivity index (χ1) is 13.6. The number of carbonyl (C=O) groups is 1. The SMILES string of the molecule is COc1cc2ncnc(-c3cn(C)nc3-c3ccccc3)c2cc1OC(N)=O. The monoisotopic (exact) mass is 375 g/mol. The Bertz CT molecular complexity index is 1170. The third-order valence-electron chi connectivity index (χ3n) is 4.26. The largest absolute Gasteiger partial charge is 0.493 e. The van der Waals surface area contributed by atoms with Crippen LogP contribution in [0.5, 0.6) is 11.5 Å². The van der Waals surface area contributed by atoms with Gasteiger partial charge in [0.1, 0.15) is 12.0 Å². The highest BCUT2D eigenvalue weighted by Crippen LogP contribution is 2.38. The van der Waals surface area contributed by atoms with Gasteiger partial charge < -0.3 is 15.2 Å². The van der Waals surface area contributed by atoms with E-state index in [4.69, 9.17) is 15.2 Å². The molecule has 0 spiro atoms. The second-order valence-corrected chi connectivity index (χ2v) is 6.09. The lowest BCUT2D eigenvalue weighted by molar-refractivity contribution is 0.209. The van der Waals surface area contributed by atoms with Gasteiger partial charge >= 0.3 is 6.09 Å². The quantitative estimate of drug-likeness (QED) is 0.587. The zero-order valence-corrected chi connectivity index (χ0v) is 15.3. The van der Waals surface area contributed by atoms with Gasteiger partial charge in [-0.2, -0.15) is 5.10 Å². The minimum atomic E-state index is -0.928. The van der Waals surface area contributed by atoms with Crippen molar-refractivity contribution < 1.29 is 14.3 Å². The maximum absolute atomic E-state index is 11.3. The Morgan fingerprint density at radius 2 is 1.86 bits per heavy atom. The van der Waals surface area contributed by atoms with Gasteiger partial charge in [-0.1, -0.05) is 30.3 Å². The number of aromatic nitrogens is 4. The molecule has 0 radical (unpaired) electrons. The van der Waals surface area contributed by atoms with Crippen LogP contribution in [0.15, 0.2) is 55.0 Å². The van der Waals surface area contributed by atoms with Gasteiger partial charge in [-0.25, -0.2) is 14.8 Å². The number of fused-ring (bicyclic) bond motifs is 1. The molecule has 2 heterocycles. The lowest BCUT2D eigenvalue weighted by atomic mass is 10.0. The van der Waals surface area contributed by atoms with Crippen LogP contribution >= 0.6 is 0 Å². The van der Waals surface area contributed by atoms with E-state index in [2.05, 4.69) is 15.1 Å². The lowest BCUT2D eigenvalue weighted by Gasteiger charge is -2.11. The molecule has 0 bridgehead atoms. The number of benzene rings is 2. The molecule has 8 nitrogen and oxygen atoms in total. The van der Waals surface area contributed by atoms with Crippen molar-refractivity contribution in [3.05, 3.63) is 55.0 Å². The molecule has 0 aliphatic carbocycles. The fraction of sp³-hybridized carbons (Fsp3) is 0.100. The Kier molecular flexibility index (Phi) is 4.36. The highest BCUT2D eigenvalue weighted by molar-refractivity contribution is 5.97. The first-order valence-corrected chi connectivity index (χ1v) is 8.46. The molecule has 2 aromatic carbocycles. The van der Waals surface area contributed by atoms with Crippen molar-refractivity contribution in [3.8, 4) is 34.0 Å². The van der Waals surface area contributed by atoms with Crippen molar-refractivity contribution in [1.82, 2.24) is 19.7 Å². The predicted molar refractivity (Wildman–Crippen MR) is 104 cm³/mol. The Hall–Kier alpha value is -3.94. The van der Waals surface area contributed by atoms with Crippen LogP contribution in [0.2, 0.25) is 0 Å². The van der Waals surface area contributed by atoms with E-state index in [1.807, 2.05) is 43.6 Å². The van der Waals surface area contributed by atoms with Crippen LogP contribution in [0, 0.1) is 0 Å². The number of hydrogen-bond donors (Lipinski definition) is 1. The molecule has 4 aromatic rings. The molecular formula is C20H17N5O3. The molecular weight excluding hydrogens is 358 g/mol. The molecule has 0 atom stereocenters. The smallest absolute Gasteiger partial charge is 0.410 e. The average molecular weight is 375 g/mol. The Balaban J connectivity index is 1.97. The van der Waals surface area contributed by atoms with Gasteiger partial charge in [0.2, 0.25) is 0 Å². The highest BCUT2D eigenvalue weighted by Gasteiger charge is 2.19. The summed E-state index contributed by atoms with van der Waals surface area (Å²) in [5, 5.41) is 5.28. The molecule has 28 heavy (non-hydrogen) atoms. The Morgan fingerprint density at radius 1 is 1.07 bits per heavy atom. The summed E-state index contributed by atoms with van der Waals surface area (Å²) in [5.41, 5.74) is 9.07. The van der Waals surface area contributed by atoms with E-state index in [0.29, 0.717) is 22.3 Å². The van der Waals surface area contributed by atoms with Gasteiger partial charge in [0.15, 0.2) is 11.5 Å². The maximum Gasteiger partial charge on any atom is 0.410 e. The fourth-order valence-corrected chi connectivity index (χ4v) is 3.10. The number of rotatable bonds is 4. The summed E-state index contributed by atoms with van der Waals surface area (Å²) in [4.78, 5) is 20.1. The molecule has 0 unspecified atom stereocenters. The minimum Gasteiger partial charge on any atom is -0.493 e. The maximum atomic E-state index is 11.3. The third kappa shape index (κ3) is 3.11. The molecule has 140 valence electrons. The van der Waals surface area contributed by atoms with Crippen LogP contribution in [-0.4, -0.2) is 33.0 Å². The standard InChI is InChI=1S/C20H17N5O3/c1-25-10-14(18(24-25)12-6-4-3-5-7-12)19-13-8-17(28-20(21)26)16(27-2)9-15(13)22-11-23-19/h3-11H,1-2H3,(H2,21,26). The molecule has 0 aliphatic rings. The van der Waals surface area contributed by atoms with Gasteiger partial charge in [-0.3, -0.25) is 4.68 Å². The fourth-order valence-electron chi connectivity index (χ4n) is 3.10. The van der Waals surface area contributed by atoms with E-state index in [0.717, 1.165) is 16.8 Å². The third-order valence-corrected chi connectivity index (χ3v) is 4.26. The van der Waals surface area contributed by atoms with Crippen molar-refractivity contribution >= 4 is 17.0 Å². The van der Waals surface area contributed by atoms with Crippen molar-refractivity contribution in [1.29, 1.82) is 0 Å². The van der Waals surface area contributed by atoms with Gasteiger partial charge in [0.25, 0.3) is 0 Å². The van der Waals surface area contributed by atoms with Crippen molar-refractivity contribution in [2.75, 3.05) is 7.11 Å². The topological polar surface area (TPSA) is 105 Å². The van der Waals surface area contributed by atoms with Crippen molar-refractivity contribution in [2.24, 2.45) is 12.8 Å². The molecule has 4 rings (SSSR count). The lowest BCUT2D eigenvalue weighted by Crippen LogP contribution is -2.16. The number of primary amides is 1. The number of amides is 1. The summed E-state index contributed by atoms with van der Waals surface area (Å²) >= 11 is 0. The molecule has 0 saturated carbocycles. The number of aryl methyl sites for hydroxylation is 1. The molecule has 2 N–H and O–H groups in total. The average Bonchev–Trinajstić information content (AvgIpc) is 3.08. The molecule has 1 amide bonds. The molecule has 8 heteroatoms. The van der Waals surface area contributed by atoms with Gasteiger partial charge in [0.05, 0.1) is 18.3 Å². The summed E-state index contributed by atoms with van der Waals surface area (Å²) in [7, 11) is 3.33. The van der Waals surface area contributed by atoms with E-state index in [1.54, 1.807) is 16.8 Å². The summed E-state index contributed by atoms with van der Waals surface area (Å²) < 4.78 is 12.1.